The Balaban J connectivity index is 1.57. The lowest BCUT2D eigenvalue weighted by Gasteiger charge is -2.37. The molecule has 0 radical (unpaired) electrons. The van der Waals surface area contributed by atoms with Crippen LogP contribution in [0.1, 0.15) is 44.4 Å². The number of rotatable bonds is 5. The molecule has 3 aliphatic heterocycles. The summed E-state index contributed by atoms with van der Waals surface area (Å²) in [6.45, 7) is 7.52. The van der Waals surface area contributed by atoms with E-state index in [4.69, 9.17) is 25.8 Å². The number of amides is 2. The maximum Gasteiger partial charge on any atom is 0.310 e. The maximum atomic E-state index is 14.0. The normalized spacial score (nSPS) is 21.4. The minimum absolute atomic E-state index is 0.122. The van der Waals surface area contributed by atoms with Gasteiger partial charge in [-0.3, -0.25) is 14.4 Å². The van der Waals surface area contributed by atoms with Crippen molar-refractivity contribution in [1.82, 2.24) is 4.90 Å². The van der Waals surface area contributed by atoms with Gasteiger partial charge in [-0.05, 0) is 29.7 Å². The molecule has 0 saturated carbocycles. The van der Waals surface area contributed by atoms with Gasteiger partial charge in [-0.1, -0.05) is 44.5 Å². The van der Waals surface area contributed by atoms with Gasteiger partial charge in [-0.2, -0.15) is 0 Å². The third kappa shape index (κ3) is 5.17. The lowest BCUT2D eigenvalue weighted by atomic mass is 9.94. The lowest BCUT2D eigenvalue weighted by Crippen LogP contribution is -2.54. The predicted octanol–water partition coefficient (Wildman–Crippen LogP) is 3.91. The van der Waals surface area contributed by atoms with E-state index < -0.39 is 24.1 Å². The van der Waals surface area contributed by atoms with Gasteiger partial charge in [0.1, 0.15) is 25.4 Å². The number of halogens is 1. The van der Waals surface area contributed by atoms with Crippen molar-refractivity contribution >= 4 is 35.1 Å². The van der Waals surface area contributed by atoms with Crippen molar-refractivity contribution < 1.29 is 33.7 Å². The predicted molar refractivity (Wildman–Crippen MR) is 140 cm³/mol. The van der Waals surface area contributed by atoms with Crippen LogP contribution >= 0.6 is 11.6 Å². The summed E-state index contributed by atoms with van der Waals surface area (Å²) in [5, 5.41) is 9.68. The first-order chi connectivity index (χ1) is 18.0. The van der Waals surface area contributed by atoms with Crippen molar-refractivity contribution in [2.45, 2.75) is 39.4 Å². The Labute approximate surface area is 226 Å². The van der Waals surface area contributed by atoms with Crippen LogP contribution in [0, 0.1) is 11.3 Å². The standard InChI is InChI=1S/C28H31ClN2O7/c1-28(2,3)15-31-20-8-7-17(29)11-19(20)24(18-5-4-6-21-25(18)37-10-9-36-21)38-22(26(31)33)12-23(32)30-13-16(14-30)27(34)35/h4-8,11,16,22,24H,9-10,12-15H2,1-3H3,(H,34,35). The van der Waals surface area contributed by atoms with E-state index in [9.17, 15) is 19.5 Å². The third-order valence-electron chi connectivity index (χ3n) is 6.86. The minimum Gasteiger partial charge on any atom is -0.486 e. The molecule has 2 amide bonds. The number of carbonyl (C=O) groups is 3. The third-order valence-corrected chi connectivity index (χ3v) is 7.09. The summed E-state index contributed by atoms with van der Waals surface area (Å²) >= 11 is 6.45. The van der Waals surface area contributed by atoms with Crippen LogP contribution in [0.2, 0.25) is 5.02 Å². The van der Waals surface area contributed by atoms with Crippen molar-refractivity contribution in [3.63, 3.8) is 0 Å². The number of benzene rings is 2. The van der Waals surface area contributed by atoms with Gasteiger partial charge in [0.2, 0.25) is 5.91 Å². The van der Waals surface area contributed by atoms with E-state index in [0.717, 1.165) is 0 Å². The van der Waals surface area contributed by atoms with Gasteiger partial charge < -0.3 is 29.1 Å². The fourth-order valence-electron chi connectivity index (χ4n) is 5.01. The highest BCUT2D eigenvalue weighted by atomic mass is 35.5. The fourth-order valence-corrected chi connectivity index (χ4v) is 5.19. The average molecular weight is 543 g/mol. The summed E-state index contributed by atoms with van der Waals surface area (Å²) in [5.41, 5.74) is 1.75. The molecular formula is C28H31ClN2O7. The fraction of sp³-hybridized carbons (Fsp3) is 0.464. The molecule has 2 unspecified atom stereocenters. The Morgan fingerprint density at radius 2 is 1.82 bits per heavy atom. The van der Waals surface area contributed by atoms with Gasteiger partial charge in [0.15, 0.2) is 11.5 Å². The smallest absolute Gasteiger partial charge is 0.310 e. The van der Waals surface area contributed by atoms with Crippen LogP contribution in [0.3, 0.4) is 0 Å². The summed E-state index contributed by atoms with van der Waals surface area (Å²) in [4.78, 5) is 41.5. The second-order valence-electron chi connectivity index (χ2n) is 11.1. The first kappa shape index (κ1) is 26.3. The molecule has 0 aliphatic carbocycles. The molecule has 10 heteroatoms. The summed E-state index contributed by atoms with van der Waals surface area (Å²) < 4.78 is 18.3. The van der Waals surface area contributed by atoms with E-state index in [1.54, 1.807) is 17.0 Å². The zero-order valence-electron chi connectivity index (χ0n) is 21.6. The molecule has 2 aromatic rings. The second kappa shape index (κ2) is 10.1. The van der Waals surface area contributed by atoms with Crippen LogP contribution < -0.4 is 14.4 Å². The van der Waals surface area contributed by atoms with Crippen LogP contribution in [0.25, 0.3) is 0 Å². The average Bonchev–Trinajstić information content (AvgIpc) is 2.92. The topological polar surface area (TPSA) is 106 Å². The highest BCUT2D eigenvalue weighted by molar-refractivity contribution is 6.30. The quantitative estimate of drug-likeness (QED) is 0.610. The lowest BCUT2D eigenvalue weighted by molar-refractivity contribution is -0.155. The Bertz CT molecular complexity index is 1270. The van der Waals surface area contributed by atoms with Crippen molar-refractivity contribution in [3.05, 3.63) is 52.5 Å². The Kier molecular flexibility index (Phi) is 7.00. The van der Waals surface area contributed by atoms with Crippen molar-refractivity contribution in [2.24, 2.45) is 11.3 Å². The van der Waals surface area contributed by atoms with Crippen LogP contribution in [0.5, 0.6) is 11.5 Å². The number of para-hydroxylation sites is 1. The number of carboxylic acids is 1. The Hall–Kier alpha value is -3.30. The summed E-state index contributed by atoms with van der Waals surface area (Å²) in [6, 6.07) is 10.8. The van der Waals surface area contributed by atoms with Gasteiger partial charge in [0.25, 0.3) is 5.91 Å². The number of aliphatic carboxylic acids is 1. The summed E-state index contributed by atoms with van der Waals surface area (Å²) in [5.74, 6) is -1.07. The molecule has 0 aromatic heterocycles. The van der Waals surface area contributed by atoms with E-state index in [-0.39, 0.29) is 36.7 Å². The number of hydrogen-bond acceptors (Lipinski definition) is 6. The number of ether oxygens (including phenoxy) is 3. The van der Waals surface area contributed by atoms with E-state index >= 15 is 0 Å². The number of hydrogen-bond donors (Lipinski definition) is 1. The summed E-state index contributed by atoms with van der Waals surface area (Å²) in [6.07, 6.45) is -2.09. The van der Waals surface area contributed by atoms with Crippen molar-refractivity contribution in [3.8, 4) is 11.5 Å². The monoisotopic (exact) mass is 542 g/mol. The SMILES string of the molecule is CC(C)(C)CN1C(=O)C(CC(=O)N2CC(C(=O)O)C2)OC(c2cccc3c2OCCO3)c2cc(Cl)ccc21. The first-order valence-corrected chi connectivity index (χ1v) is 13.0. The number of anilines is 1. The molecule has 5 rings (SSSR count). The van der Waals surface area contributed by atoms with E-state index in [0.29, 0.717) is 53.1 Å². The molecule has 0 spiro atoms. The highest BCUT2D eigenvalue weighted by Crippen LogP contribution is 2.46. The van der Waals surface area contributed by atoms with E-state index in [1.807, 2.05) is 45.0 Å². The number of fused-ring (bicyclic) bond motifs is 2. The molecule has 3 heterocycles. The number of likely N-dealkylation sites (tertiary alicyclic amines) is 1. The molecule has 1 N–H and O–H groups in total. The molecule has 3 aliphatic rings. The number of nitrogens with zero attached hydrogens (tertiary/aromatic N) is 2. The molecule has 2 atom stereocenters. The molecule has 9 nitrogen and oxygen atoms in total. The zero-order valence-corrected chi connectivity index (χ0v) is 22.4. The number of carboxylic acid groups (broad SMARTS) is 1. The maximum absolute atomic E-state index is 14.0. The zero-order chi connectivity index (χ0) is 27.2. The van der Waals surface area contributed by atoms with E-state index in [1.165, 1.54) is 4.90 Å². The van der Waals surface area contributed by atoms with Crippen molar-refractivity contribution in [1.29, 1.82) is 0 Å². The largest absolute Gasteiger partial charge is 0.486 e. The molecule has 1 fully saturated rings. The molecule has 0 bridgehead atoms. The Morgan fingerprint density at radius 1 is 1.08 bits per heavy atom. The van der Waals surface area contributed by atoms with Crippen LogP contribution in [-0.2, 0) is 19.1 Å². The van der Waals surface area contributed by atoms with Gasteiger partial charge in [-0.25, -0.2) is 0 Å². The highest BCUT2D eigenvalue weighted by Gasteiger charge is 2.43. The van der Waals surface area contributed by atoms with Gasteiger partial charge in [-0.15, -0.1) is 0 Å². The van der Waals surface area contributed by atoms with Gasteiger partial charge >= 0.3 is 5.97 Å². The minimum atomic E-state index is -1.11. The molecule has 202 valence electrons. The van der Waals surface area contributed by atoms with Crippen LogP contribution in [0.15, 0.2) is 36.4 Å². The van der Waals surface area contributed by atoms with Crippen LogP contribution in [0.4, 0.5) is 5.69 Å². The molecule has 1 saturated heterocycles. The molecular weight excluding hydrogens is 512 g/mol. The van der Waals surface area contributed by atoms with Crippen molar-refractivity contribution in [2.75, 3.05) is 37.7 Å². The number of carbonyl (C=O) groups excluding carboxylic acids is 2. The first-order valence-electron chi connectivity index (χ1n) is 12.7. The Morgan fingerprint density at radius 3 is 2.53 bits per heavy atom. The summed E-state index contributed by atoms with van der Waals surface area (Å²) in [7, 11) is 0. The molecule has 38 heavy (non-hydrogen) atoms. The molecule has 2 aromatic carbocycles. The van der Waals surface area contributed by atoms with Gasteiger partial charge in [0, 0.05) is 41.5 Å². The van der Waals surface area contributed by atoms with Crippen LogP contribution in [-0.4, -0.2) is 66.7 Å². The van der Waals surface area contributed by atoms with Gasteiger partial charge in [0.05, 0.1) is 12.3 Å². The second-order valence-corrected chi connectivity index (χ2v) is 11.5. The van der Waals surface area contributed by atoms with E-state index in [2.05, 4.69) is 0 Å².